The van der Waals surface area contributed by atoms with Crippen molar-refractivity contribution in [2.24, 2.45) is 0 Å². The van der Waals surface area contributed by atoms with Gasteiger partial charge in [0.25, 0.3) is 0 Å². The SMILES string of the molecule is [AlH3].[H-].[H-].[La].[Sr+2].[Ta]. The summed E-state index contributed by atoms with van der Waals surface area (Å²) >= 11 is 0. The summed E-state index contributed by atoms with van der Waals surface area (Å²) in [6.07, 6.45) is 0. The first-order valence-corrected chi connectivity index (χ1v) is 0. The van der Waals surface area contributed by atoms with Crippen LogP contribution >= 0.6 is 0 Å². The largest absolute Gasteiger partial charge is 2.00 e. The van der Waals surface area contributed by atoms with Crippen LogP contribution in [0.25, 0.3) is 0 Å². The summed E-state index contributed by atoms with van der Waals surface area (Å²) in [5.74, 6) is 0. The van der Waals surface area contributed by atoms with Crippen LogP contribution in [0.5, 0.6) is 0 Å². The standard InChI is InChI=1S/Al.La.Sr.Ta.5H/q;;+2;;;;;2*-1. The van der Waals surface area contributed by atoms with E-state index in [9.17, 15) is 0 Å². The van der Waals surface area contributed by atoms with Crippen molar-refractivity contribution < 1.29 is 60.8 Å². The van der Waals surface area contributed by atoms with Gasteiger partial charge in [0.2, 0.25) is 0 Å². The van der Waals surface area contributed by atoms with Crippen LogP contribution in [0, 0.1) is 35.6 Å². The second-order valence-corrected chi connectivity index (χ2v) is 0. The molecule has 0 aliphatic carbocycles. The number of hydrogen-bond acceptors (Lipinski definition) is 0. The minimum absolute atomic E-state index is 0. The Hall–Kier alpha value is 3.95. The molecule has 0 N–H and O–H groups in total. The van der Waals surface area contributed by atoms with Crippen LogP contribution in [0.1, 0.15) is 2.85 Å². The van der Waals surface area contributed by atoms with E-state index < -0.39 is 0 Å². The van der Waals surface area contributed by atoms with Gasteiger partial charge in [-0.1, -0.05) is 0 Å². The summed E-state index contributed by atoms with van der Waals surface area (Å²) < 4.78 is 0. The van der Waals surface area contributed by atoms with E-state index in [0.717, 1.165) is 0 Å². The molecular formula is H5AlLaSrTa. The first-order chi connectivity index (χ1) is 0. The van der Waals surface area contributed by atoms with Crippen molar-refractivity contribution in [3.63, 3.8) is 0 Å². The summed E-state index contributed by atoms with van der Waals surface area (Å²) in [6.45, 7) is 0. The molecule has 0 spiro atoms. The van der Waals surface area contributed by atoms with Gasteiger partial charge in [-0.3, -0.25) is 0 Å². The van der Waals surface area contributed by atoms with Gasteiger partial charge in [-0.2, -0.15) is 0 Å². The molecule has 0 unspecified atom stereocenters. The molecule has 0 rings (SSSR count). The Kier molecular flexibility index (Phi) is 97.1. The minimum atomic E-state index is 0. The predicted octanol–water partition coefficient (Wildman–Crippen LogP) is -1.34. The van der Waals surface area contributed by atoms with E-state index >= 15 is 0 Å². The quantitative estimate of drug-likeness (QED) is 0.410. The Morgan fingerprint density at radius 3 is 1.25 bits per heavy atom. The van der Waals surface area contributed by atoms with Crippen LogP contribution in [-0.2, 0) is 22.4 Å². The third-order valence-electron chi connectivity index (χ3n) is 0. The van der Waals surface area contributed by atoms with E-state index in [1.165, 1.54) is 0 Å². The van der Waals surface area contributed by atoms with Crippen molar-refractivity contribution in [3.8, 4) is 0 Å². The van der Waals surface area contributed by atoms with Crippen molar-refractivity contribution in [1.29, 1.82) is 0 Å². The molecule has 0 atom stereocenters. The van der Waals surface area contributed by atoms with E-state index in [1.54, 1.807) is 0 Å². The maximum atomic E-state index is 0. The van der Waals surface area contributed by atoms with Crippen LogP contribution in [0.15, 0.2) is 0 Å². The Morgan fingerprint density at radius 1 is 1.25 bits per heavy atom. The molecule has 18 valence electrons. The van der Waals surface area contributed by atoms with E-state index in [1.807, 2.05) is 0 Å². The zero-order valence-corrected chi connectivity index (χ0v) is 12.0. The van der Waals surface area contributed by atoms with Crippen LogP contribution in [0.3, 0.4) is 0 Å². The number of hydrogen-bond donors (Lipinski definition) is 0. The Labute approximate surface area is 120 Å². The molecule has 4 heteroatoms. The molecule has 0 aliphatic heterocycles. The van der Waals surface area contributed by atoms with Gasteiger partial charge in [0.15, 0.2) is 17.4 Å². The predicted molar refractivity (Wildman–Crippen MR) is 17.9 cm³/mol. The maximum absolute atomic E-state index is 0. The van der Waals surface area contributed by atoms with E-state index in [0.29, 0.717) is 0 Å². The molecule has 0 amide bonds. The summed E-state index contributed by atoms with van der Waals surface area (Å²) in [5.41, 5.74) is 0. The van der Waals surface area contributed by atoms with Crippen LogP contribution in [0.2, 0.25) is 0 Å². The topological polar surface area (TPSA) is 0 Å². The summed E-state index contributed by atoms with van der Waals surface area (Å²) in [5, 5.41) is 0. The second-order valence-electron chi connectivity index (χ2n) is 0. The van der Waals surface area contributed by atoms with Crippen molar-refractivity contribution in [2.45, 2.75) is 0 Å². The van der Waals surface area contributed by atoms with Gasteiger partial charge < -0.3 is 2.85 Å². The monoisotopic (exact) mass is 440 g/mol. The second kappa shape index (κ2) is 15.8. The van der Waals surface area contributed by atoms with Crippen molar-refractivity contribution in [2.75, 3.05) is 0 Å². The molecule has 4 heavy (non-hydrogen) atoms. The molecule has 0 saturated carbocycles. The third-order valence-corrected chi connectivity index (χ3v) is 0. The summed E-state index contributed by atoms with van der Waals surface area (Å²) in [7, 11) is 0. The third kappa shape index (κ3) is 9.34. The fraction of sp³-hybridized carbons (Fsp3) is 0. The van der Waals surface area contributed by atoms with E-state index in [2.05, 4.69) is 0 Å². The van der Waals surface area contributed by atoms with Gasteiger partial charge >= 0.3 is 45.5 Å². The molecule has 0 aromatic rings. The van der Waals surface area contributed by atoms with Crippen molar-refractivity contribution >= 4 is 62.8 Å². The van der Waals surface area contributed by atoms with Gasteiger partial charge in [0, 0.05) is 58.0 Å². The molecule has 0 fully saturated rings. The van der Waals surface area contributed by atoms with Gasteiger partial charge in [-0.15, -0.1) is 0 Å². The fourth-order valence-corrected chi connectivity index (χ4v) is 0. The van der Waals surface area contributed by atoms with Crippen molar-refractivity contribution in [1.82, 2.24) is 0 Å². The number of rotatable bonds is 0. The first-order valence-electron chi connectivity index (χ1n) is 0. The zero-order valence-electron chi connectivity index (χ0n) is 3.73. The van der Waals surface area contributed by atoms with Gasteiger partial charge in [0.05, 0.1) is 0 Å². The van der Waals surface area contributed by atoms with Crippen LogP contribution in [-0.4, -0.2) is 62.8 Å². The Morgan fingerprint density at radius 2 is 1.25 bits per heavy atom. The van der Waals surface area contributed by atoms with E-state index in [4.69, 9.17) is 0 Å². The molecule has 0 aliphatic rings. The average Bonchev–Trinajstić information content (AvgIpc) is 0. The molecular weight excluding hydrogens is 434 g/mol. The summed E-state index contributed by atoms with van der Waals surface area (Å²) in [4.78, 5) is 0. The maximum Gasteiger partial charge on any atom is 2.00 e. The average molecular weight is 439 g/mol. The molecule has 2 radical (unpaired) electrons. The van der Waals surface area contributed by atoms with Crippen molar-refractivity contribution in [3.05, 3.63) is 0 Å². The normalized spacial score (nSPS) is 0. The van der Waals surface area contributed by atoms with Crippen LogP contribution in [0.4, 0.5) is 0 Å². The molecule has 0 saturated heterocycles. The molecule has 0 heterocycles. The van der Waals surface area contributed by atoms with Gasteiger partial charge in [0.1, 0.15) is 0 Å². The van der Waals surface area contributed by atoms with Gasteiger partial charge in [-0.05, 0) is 0 Å². The fourth-order valence-electron chi connectivity index (χ4n) is 0. The zero-order chi connectivity index (χ0) is 0. The van der Waals surface area contributed by atoms with Crippen LogP contribution < -0.4 is 0 Å². The van der Waals surface area contributed by atoms with E-state index in [-0.39, 0.29) is 124 Å². The first kappa shape index (κ1) is 24.6. The molecule has 0 bridgehead atoms. The van der Waals surface area contributed by atoms with Gasteiger partial charge in [-0.25, -0.2) is 0 Å². The minimum Gasteiger partial charge on any atom is -1.00 e. The molecule has 0 aromatic carbocycles. The molecule has 0 nitrogen and oxygen atoms in total. The summed E-state index contributed by atoms with van der Waals surface area (Å²) in [6, 6.07) is 0. The Balaban J connectivity index is 0. The smallest absolute Gasteiger partial charge is 1.00 e. The molecule has 0 aromatic heterocycles. The Bertz CT molecular complexity index is 13.5.